The smallest absolute Gasteiger partial charge is 0.346 e. The van der Waals surface area contributed by atoms with Crippen LogP contribution in [0.5, 0.6) is 0 Å². The zero-order valence-corrected chi connectivity index (χ0v) is 19.5. The number of unbranched alkanes of at least 4 members (excludes halogenated alkanes) is 3. The predicted octanol–water partition coefficient (Wildman–Crippen LogP) is 8.34. The molecule has 4 aromatic rings. The highest BCUT2D eigenvalue weighted by molar-refractivity contribution is 5.87. The molecule has 0 saturated carbocycles. The van der Waals surface area contributed by atoms with Crippen LogP contribution in [0.4, 0.5) is 4.39 Å². The Morgan fingerprint density at radius 2 is 1.39 bits per heavy atom. The molecule has 0 fully saturated rings. The van der Waals surface area contributed by atoms with Gasteiger partial charge in [-0.15, -0.1) is 0 Å². The first-order valence-corrected chi connectivity index (χ1v) is 12.1. The minimum atomic E-state index is -0.610. The lowest BCUT2D eigenvalue weighted by molar-refractivity contribution is 0.462. The molecular weight excluding hydrogens is 411 g/mol. The third-order valence-corrected chi connectivity index (χ3v) is 6.22. The van der Waals surface area contributed by atoms with Crippen LogP contribution in [0.1, 0.15) is 57.3 Å². The van der Waals surface area contributed by atoms with E-state index in [1.165, 1.54) is 31.2 Å². The molecule has 3 aromatic carbocycles. The molecule has 0 unspecified atom stereocenters. The second-order valence-electron chi connectivity index (χ2n) is 8.73. The van der Waals surface area contributed by atoms with Crippen LogP contribution < -0.4 is 5.63 Å². The van der Waals surface area contributed by atoms with Crippen molar-refractivity contribution in [1.82, 2.24) is 0 Å². The Morgan fingerprint density at radius 3 is 2.06 bits per heavy atom. The number of halogens is 1. The van der Waals surface area contributed by atoms with Gasteiger partial charge in [-0.05, 0) is 53.0 Å². The van der Waals surface area contributed by atoms with Gasteiger partial charge in [0.1, 0.15) is 17.0 Å². The average molecular weight is 443 g/mol. The van der Waals surface area contributed by atoms with Crippen LogP contribution in [-0.2, 0) is 12.8 Å². The Bertz CT molecular complexity index is 1270. The molecule has 4 rings (SSSR count). The van der Waals surface area contributed by atoms with Crippen molar-refractivity contribution >= 4 is 10.8 Å². The van der Waals surface area contributed by atoms with Gasteiger partial charge in [0.05, 0.1) is 0 Å². The fourth-order valence-electron chi connectivity index (χ4n) is 4.35. The van der Waals surface area contributed by atoms with E-state index < -0.39 is 11.4 Å². The first kappa shape index (κ1) is 23.0. The molecule has 0 aliphatic rings. The third kappa shape index (κ3) is 5.24. The topological polar surface area (TPSA) is 30.2 Å². The molecule has 2 nitrogen and oxygen atoms in total. The summed E-state index contributed by atoms with van der Waals surface area (Å²) in [6.07, 6.45) is 7.72. The standard InChI is InChI=1S/C30H31FO2/c1-3-5-6-7-9-21-10-12-22(13-11-21)23-14-16-24(17-15-23)27-19-18-25-20-26(8-4-2)33-30(32)28(25)29(27)31/h10-20H,3-9H2,1-2H3. The zero-order valence-electron chi connectivity index (χ0n) is 19.5. The molecule has 0 bridgehead atoms. The van der Waals surface area contributed by atoms with Crippen molar-refractivity contribution in [3.8, 4) is 22.3 Å². The predicted molar refractivity (Wildman–Crippen MR) is 135 cm³/mol. The van der Waals surface area contributed by atoms with Crippen LogP contribution in [-0.4, -0.2) is 0 Å². The van der Waals surface area contributed by atoms with Gasteiger partial charge in [0.2, 0.25) is 0 Å². The highest BCUT2D eigenvalue weighted by atomic mass is 19.1. The van der Waals surface area contributed by atoms with E-state index >= 15 is 4.39 Å². The second-order valence-corrected chi connectivity index (χ2v) is 8.73. The van der Waals surface area contributed by atoms with Crippen molar-refractivity contribution in [2.75, 3.05) is 0 Å². The van der Waals surface area contributed by atoms with Gasteiger partial charge in [-0.3, -0.25) is 0 Å². The lowest BCUT2D eigenvalue weighted by Gasteiger charge is -2.09. The molecule has 1 aromatic heterocycles. The van der Waals surface area contributed by atoms with Gasteiger partial charge in [-0.1, -0.05) is 93.8 Å². The van der Waals surface area contributed by atoms with Crippen molar-refractivity contribution < 1.29 is 8.81 Å². The van der Waals surface area contributed by atoms with Crippen molar-refractivity contribution in [3.05, 3.63) is 94.3 Å². The minimum absolute atomic E-state index is 0.0194. The molecule has 1 heterocycles. The van der Waals surface area contributed by atoms with E-state index in [0.717, 1.165) is 29.5 Å². The van der Waals surface area contributed by atoms with Gasteiger partial charge < -0.3 is 4.42 Å². The summed E-state index contributed by atoms with van der Waals surface area (Å²) < 4.78 is 20.6. The summed E-state index contributed by atoms with van der Waals surface area (Å²) in [5.74, 6) is 0.0722. The maximum absolute atomic E-state index is 15.3. The molecular formula is C30H31FO2. The first-order valence-electron chi connectivity index (χ1n) is 12.1. The molecule has 0 aliphatic carbocycles. The van der Waals surface area contributed by atoms with Crippen molar-refractivity contribution in [2.24, 2.45) is 0 Å². The fraction of sp³-hybridized carbons (Fsp3) is 0.300. The molecule has 0 aliphatic heterocycles. The van der Waals surface area contributed by atoms with E-state index in [4.69, 9.17) is 4.42 Å². The van der Waals surface area contributed by atoms with Gasteiger partial charge in [0, 0.05) is 12.0 Å². The summed E-state index contributed by atoms with van der Waals surface area (Å²) in [7, 11) is 0. The highest BCUT2D eigenvalue weighted by Gasteiger charge is 2.15. The zero-order chi connectivity index (χ0) is 23.2. The fourth-order valence-corrected chi connectivity index (χ4v) is 4.35. The quantitative estimate of drug-likeness (QED) is 0.244. The molecule has 0 saturated heterocycles. The maximum Gasteiger partial charge on any atom is 0.346 e. The van der Waals surface area contributed by atoms with E-state index in [0.29, 0.717) is 23.1 Å². The molecule has 0 amide bonds. The number of fused-ring (bicyclic) bond motifs is 1. The molecule has 0 spiro atoms. The summed E-state index contributed by atoms with van der Waals surface area (Å²) in [4.78, 5) is 12.4. The van der Waals surface area contributed by atoms with Gasteiger partial charge in [-0.25, -0.2) is 9.18 Å². The normalized spacial score (nSPS) is 11.2. The molecule has 3 heteroatoms. The van der Waals surface area contributed by atoms with Crippen LogP contribution in [0.25, 0.3) is 33.0 Å². The highest BCUT2D eigenvalue weighted by Crippen LogP contribution is 2.30. The Hall–Kier alpha value is -3.20. The number of benzene rings is 3. The first-order chi connectivity index (χ1) is 16.1. The van der Waals surface area contributed by atoms with E-state index in [2.05, 4.69) is 31.2 Å². The van der Waals surface area contributed by atoms with Gasteiger partial charge in [0.25, 0.3) is 0 Å². The average Bonchev–Trinajstić information content (AvgIpc) is 2.83. The van der Waals surface area contributed by atoms with Crippen LogP contribution >= 0.6 is 0 Å². The number of hydrogen-bond acceptors (Lipinski definition) is 2. The summed E-state index contributed by atoms with van der Waals surface area (Å²) in [5.41, 5.74) is 4.13. The molecule has 0 radical (unpaired) electrons. The van der Waals surface area contributed by atoms with Gasteiger partial charge in [0.15, 0.2) is 0 Å². The van der Waals surface area contributed by atoms with Crippen molar-refractivity contribution in [3.63, 3.8) is 0 Å². The van der Waals surface area contributed by atoms with E-state index in [-0.39, 0.29) is 5.39 Å². The summed E-state index contributed by atoms with van der Waals surface area (Å²) >= 11 is 0. The molecule has 170 valence electrons. The third-order valence-electron chi connectivity index (χ3n) is 6.22. The van der Waals surface area contributed by atoms with Crippen molar-refractivity contribution in [1.29, 1.82) is 0 Å². The van der Waals surface area contributed by atoms with Crippen molar-refractivity contribution in [2.45, 2.75) is 58.8 Å². The Morgan fingerprint density at radius 1 is 0.727 bits per heavy atom. The second kappa shape index (κ2) is 10.6. The molecule has 0 N–H and O–H groups in total. The summed E-state index contributed by atoms with van der Waals surface area (Å²) in [6.45, 7) is 4.24. The Kier molecular flexibility index (Phi) is 7.39. The van der Waals surface area contributed by atoms with E-state index in [1.807, 2.05) is 31.2 Å². The number of hydrogen-bond donors (Lipinski definition) is 0. The molecule has 33 heavy (non-hydrogen) atoms. The Labute approximate surface area is 195 Å². The van der Waals surface area contributed by atoms with Crippen LogP contribution in [0, 0.1) is 5.82 Å². The minimum Gasteiger partial charge on any atom is -0.427 e. The van der Waals surface area contributed by atoms with Crippen LogP contribution in [0.2, 0.25) is 0 Å². The number of rotatable bonds is 9. The largest absolute Gasteiger partial charge is 0.427 e. The number of aryl methyl sites for hydroxylation is 2. The monoisotopic (exact) mass is 442 g/mol. The lowest BCUT2D eigenvalue weighted by atomic mass is 9.97. The summed E-state index contributed by atoms with van der Waals surface area (Å²) in [5, 5.41) is 0.605. The summed E-state index contributed by atoms with van der Waals surface area (Å²) in [6, 6.07) is 21.8. The maximum atomic E-state index is 15.3. The Balaban J connectivity index is 1.55. The molecule has 0 atom stereocenters. The van der Waals surface area contributed by atoms with Crippen LogP contribution in [0.3, 0.4) is 0 Å². The SMILES string of the molecule is CCCCCCc1ccc(-c2ccc(-c3ccc4cc(CCC)oc(=O)c4c3F)cc2)cc1. The van der Waals surface area contributed by atoms with E-state index in [1.54, 1.807) is 18.2 Å². The van der Waals surface area contributed by atoms with E-state index in [9.17, 15) is 4.79 Å². The van der Waals surface area contributed by atoms with Gasteiger partial charge >= 0.3 is 5.63 Å². The lowest BCUT2D eigenvalue weighted by Crippen LogP contribution is -2.05. The van der Waals surface area contributed by atoms with Crippen LogP contribution in [0.15, 0.2) is 75.9 Å². The van der Waals surface area contributed by atoms with Gasteiger partial charge in [-0.2, -0.15) is 0 Å².